The molecule has 0 saturated heterocycles. The van der Waals surface area contributed by atoms with Crippen molar-refractivity contribution in [3.05, 3.63) is 71.3 Å². The van der Waals surface area contributed by atoms with E-state index in [1.54, 1.807) is 48.5 Å². The van der Waals surface area contributed by atoms with Crippen molar-refractivity contribution in [3.8, 4) is 0 Å². The van der Waals surface area contributed by atoms with Crippen LogP contribution in [0.15, 0.2) is 65.7 Å². The summed E-state index contributed by atoms with van der Waals surface area (Å²) in [4.78, 5) is 40.0. The van der Waals surface area contributed by atoms with Gasteiger partial charge in [0.1, 0.15) is 6.54 Å². The molecule has 0 unspecified atom stereocenters. The lowest BCUT2D eigenvalue weighted by atomic mass is 10.2. The SMILES string of the molecule is O=C(COC(=O)Cn1cnc2ccccc2c1=O)Nc1ccccc1. The fourth-order valence-corrected chi connectivity index (χ4v) is 2.27. The Morgan fingerprint density at radius 3 is 2.56 bits per heavy atom. The van der Waals surface area contributed by atoms with Gasteiger partial charge in [0, 0.05) is 5.69 Å². The summed E-state index contributed by atoms with van der Waals surface area (Å²) in [5.41, 5.74) is 0.828. The predicted octanol–water partition coefficient (Wildman–Crippen LogP) is 1.58. The van der Waals surface area contributed by atoms with Gasteiger partial charge in [-0.15, -0.1) is 0 Å². The first-order valence-corrected chi connectivity index (χ1v) is 7.58. The van der Waals surface area contributed by atoms with Gasteiger partial charge in [-0.05, 0) is 24.3 Å². The van der Waals surface area contributed by atoms with E-state index >= 15 is 0 Å². The van der Waals surface area contributed by atoms with Gasteiger partial charge < -0.3 is 10.1 Å². The van der Waals surface area contributed by atoms with Crippen molar-refractivity contribution in [2.24, 2.45) is 0 Å². The molecule has 1 amide bonds. The van der Waals surface area contributed by atoms with Crippen LogP contribution in [-0.2, 0) is 20.9 Å². The highest BCUT2D eigenvalue weighted by molar-refractivity contribution is 5.92. The van der Waals surface area contributed by atoms with E-state index in [1.807, 2.05) is 6.07 Å². The summed E-state index contributed by atoms with van der Waals surface area (Å²) in [6.45, 7) is -0.737. The Morgan fingerprint density at radius 1 is 1.04 bits per heavy atom. The first-order chi connectivity index (χ1) is 12.1. The number of aromatic nitrogens is 2. The Labute approximate surface area is 142 Å². The number of nitrogens with zero attached hydrogens (tertiary/aromatic N) is 2. The van der Waals surface area contributed by atoms with Crippen LogP contribution in [0, 0.1) is 0 Å². The molecule has 1 N–H and O–H groups in total. The lowest BCUT2D eigenvalue weighted by molar-refractivity contribution is -0.147. The average Bonchev–Trinajstić information content (AvgIpc) is 2.63. The number of fused-ring (bicyclic) bond motifs is 1. The van der Waals surface area contributed by atoms with Crippen molar-refractivity contribution in [2.75, 3.05) is 11.9 Å². The van der Waals surface area contributed by atoms with Crippen LogP contribution in [-0.4, -0.2) is 28.0 Å². The normalized spacial score (nSPS) is 10.4. The monoisotopic (exact) mass is 337 g/mol. The molecule has 0 bridgehead atoms. The van der Waals surface area contributed by atoms with Gasteiger partial charge in [-0.25, -0.2) is 4.98 Å². The predicted molar refractivity (Wildman–Crippen MR) is 92.0 cm³/mol. The highest BCUT2D eigenvalue weighted by Gasteiger charge is 2.11. The third-order valence-electron chi connectivity index (χ3n) is 3.45. The van der Waals surface area contributed by atoms with Gasteiger partial charge in [-0.3, -0.25) is 19.0 Å². The van der Waals surface area contributed by atoms with Crippen molar-refractivity contribution < 1.29 is 14.3 Å². The topological polar surface area (TPSA) is 90.3 Å². The number of ether oxygens (including phenoxy) is 1. The minimum Gasteiger partial charge on any atom is -0.454 e. The van der Waals surface area contributed by atoms with Crippen molar-refractivity contribution in [2.45, 2.75) is 6.54 Å². The van der Waals surface area contributed by atoms with Crippen LogP contribution >= 0.6 is 0 Å². The number of hydrogen-bond donors (Lipinski definition) is 1. The van der Waals surface area contributed by atoms with Crippen molar-refractivity contribution in [3.63, 3.8) is 0 Å². The number of carbonyl (C=O) groups excluding carboxylic acids is 2. The third-order valence-corrected chi connectivity index (χ3v) is 3.45. The van der Waals surface area contributed by atoms with Crippen LogP contribution in [0.3, 0.4) is 0 Å². The molecule has 1 aromatic heterocycles. The van der Waals surface area contributed by atoms with Crippen LogP contribution in [0.25, 0.3) is 10.9 Å². The summed E-state index contributed by atoms with van der Waals surface area (Å²) in [5, 5.41) is 3.02. The Balaban J connectivity index is 1.59. The summed E-state index contributed by atoms with van der Waals surface area (Å²) in [6, 6.07) is 15.7. The fourth-order valence-electron chi connectivity index (χ4n) is 2.27. The molecular weight excluding hydrogens is 322 g/mol. The smallest absolute Gasteiger partial charge is 0.326 e. The Hall–Kier alpha value is -3.48. The van der Waals surface area contributed by atoms with Crippen molar-refractivity contribution in [1.82, 2.24) is 9.55 Å². The lowest BCUT2D eigenvalue weighted by Gasteiger charge is -2.08. The number of rotatable bonds is 5. The van der Waals surface area contributed by atoms with Crippen molar-refractivity contribution in [1.29, 1.82) is 0 Å². The Morgan fingerprint density at radius 2 is 1.76 bits per heavy atom. The molecule has 0 aliphatic heterocycles. The quantitative estimate of drug-likeness (QED) is 0.714. The molecule has 1 heterocycles. The summed E-state index contributed by atoms with van der Waals surface area (Å²) in [5.74, 6) is -1.15. The molecule has 0 atom stereocenters. The molecule has 0 aliphatic rings. The average molecular weight is 337 g/mol. The number of nitrogens with one attached hydrogen (secondary N) is 1. The molecule has 2 aromatic carbocycles. The largest absolute Gasteiger partial charge is 0.454 e. The minimum absolute atomic E-state index is 0.310. The molecule has 0 saturated carbocycles. The van der Waals surface area contributed by atoms with Crippen molar-refractivity contribution >= 4 is 28.5 Å². The second-order valence-corrected chi connectivity index (χ2v) is 5.27. The van der Waals surface area contributed by atoms with Gasteiger partial charge in [-0.1, -0.05) is 30.3 Å². The van der Waals surface area contributed by atoms with E-state index in [1.165, 1.54) is 6.33 Å². The molecule has 7 heteroatoms. The van der Waals surface area contributed by atoms with E-state index in [4.69, 9.17) is 4.74 Å². The lowest BCUT2D eigenvalue weighted by Crippen LogP contribution is -2.28. The highest BCUT2D eigenvalue weighted by atomic mass is 16.5. The van der Waals surface area contributed by atoms with Crippen LogP contribution in [0.4, 0.5) is 5.69 Å². The first-order valence-electron chi connectivity index (χ1n) is 7.58. The van der Waals surface area contributed by atoms with Gasteiger partial charge in [0.15, 0.2) is 6.61 Å². The number of benzene rings is 2. The highest BCUT2D eigenvalue weighted by Crippen LogP contribution is 2.05. The van der Waals surface area contributed by atoms with Crippen LogP contribution in [0.1, 0.15) is 0 Å². The van der Waals surface area contributed by atoms with Gasteiger partial charge in [0.2, 0.25) is 0 Å². The molecule has 0 aliphatic carbocycles. The summed E-state index contributed by atoms with van der Waals surface area (Å²) in [7, 11) is 0. The number of anilines is 1. The molecule has 25 heavy (non-hydrogen) atoms. The minimum atomic E-state index is -0.692. The first kappa shape index (κ1) is 16.4. The molecule has 0 radical (unpaired) electrons. The van der Waals surface area contributed by atoms with E-state index < -0.39 is 18.5 Å². The maximum absolute atomic E-state index is 12.3. The molecule has 0 fully saturated rings. The standard InChI is InChI=1S/C18H15N3O4/c22-16(20-13-6-2-1-3-7-13)11-25-17(23)10-21-12-19-15-9-5-4-8-14(15)18(21)24/h1-9,12H,10-11H2,(H,20,22). The van der Waals surface area contributed by atoms with Gasteiger partial charge >= 0.3 is 5.97 Å². The van der Waals surface area contributed by atoms with Gasteiger partial charge in [0.25, 0.3) is 11.5 Å². The maximum atomic E-state index is 12.3. The number of esters is 1. The third kappa shape index (κ3) is 4.08. The fraction of sp³-hybridized carbons (Fsp3) is 0.111. The summed E-state index contributed by atoms with van der Waals surface area (Å²) in [6.07, 6.45) is 1.29. The molecule has 3 aromatic rings. The van der Waals surface area contributed by atoms with E-state index in [-0.39, 0.29) is 12.1 Å². The molecule has 0 spiro atoms. The number of amides is 1. The molecule has 126 valence electrons. The van der Waals surface area contributed by atoms with Crippen LogP contribution < -0.4 is 10.9 Å². The van der Waals surface area contributed by atoms with Gasteiger partial charge in [-0.2, -0.15) is 0 Å². The number of carbonyl (C=O) groups is 2. The van der Waals surface area contributed by atoms with Gasteiger partial charge in [0.05, 0.1) is 17.2 Å². The Kier molecular flexibility index (Phi) is 4.84. The second kappa shape index (κ2) is 7.39. The molecule has 3 rings (SSSR count). The zero-order valence-electron chi connectivity index (χ0n) is 13.2. The number of hydrogen-bond acceptors (Lipinski definition) is 5. The van der Waals surface area contributed by atoms with E-state index in [9.17, 15) is 14.4 Å². The Bertz CT molecular complexity index is 967. The van der Waals surface area contributed by atoms with Crippen LogP contribution in [0.2, 0.25) is 0 Å². The van der Waals surface area contributed by atoms with E-state index in [2.05, 4.69) is 10.3 Å². The summed E-state index contributed by atoms with van der Waals surface area (Å²) < 4.78 is 6.06. The zero-order valence-corrected chi connectivity index (χ0v) is 13.2. The maximum Gasteiger partial charge on any atom is 0.326 e. The van der Waals surface area contributed by atoms with E-state index in [0.29, 0.717) is 16.6 Å². The zero-order chi connectivity index (χ0) is 17.6. The van der Waals surface area contributed by atoms with Crippen LogP contribution in [0.5, 0.6) is 0 Å². The molecular formula is C18H15N3O4. The summed E-state index contributed by atoms with van der Waals surface area (Å²) >= 11 is 0. The van der Waals surface area contributed by atoms with E-state index in [0.717, 1.165) is 4.57 Å². The molecule has 7 nitrogen and oxygen atoms in total. The number of para-hydroxylation sites is 2. The second-order valence-electron chi connectivity index (χ2n) is 5.27.